The number of hydrogen-bond donors (Lipinski definition) is 1. The van der Waals surface area contributed by atoms with Crippen LogP contribution < -0.4 is 5.32 Å². The molecular formula is C18H20N4OS. The molecule has 1 atom stereocenters. The van der Waals surface area contributed by atoms with Crippen LogP contribution in [0.1, 0.15) is 21.8 Å². The maximum atomic E-state index is 12.8. The number of para-hydroxylation sites is 1. The van der Waals surface area contributed by atoms with Gasteiger partial charge in [-0.2, -0.15) is 5.10 Å². The number of carbonyl (C=O) groups is 1. The van der Waals surface area contributed by atoms with Crippen molar-refractivity contribution >= 4 is 27.5 Å². The largest absolute Gasteiger partial charge is 0.337 e. The molecule has 0 aliphatic carbocycles. The summed E-state index contributed by atoms with van der Waals surface area (Å²) in [6.45, 7) is 3.86. The lowest BCUT2D eigenvalue weighted by Gasteiger charge is -2.22. The molecule has 0 saturated carbocycles. The Hall–Kier alpha value is -2.18. The number of nitrogens with zero attached hydrogens (tertiary/aromatic N) is 3. The van der Waals surface area contributed by atoms with Crippen LogP contribution in [0, 0.1) is 6.92 Å². The van der Waals surface area contributed by atoms with Gasteiger partial charge in [0.2, 0.25) is 0 Å². The van der Waals surface area contributed by atoms with Gasteiger partial charge in [0, 0.05) is 25.0 Å². The predicted molar refractivity (Wildman–Crippen MR) is 97.1 cm³/mol. The highest BCUT2D eigenvalue weighted by Crippen LogP contribution is 2.31. The van der Waals surface area contributed by atoms with E-state index in [9.17, 15) is 4.79 Å². The SMILES string of the molecule is Cc1nn(-c2ccccc2)c2sc(C(=O)N(C)C3CCNC3)cc12. The molecule has 1 fully saturated rings. The van der Waals surface area contributed by atoms with E-state index in [2.05, 4.69) is 10.4 Å². The molecule has 1 unspecified atom stereocenters. The van der Waals surface area contributed by atoms with E-state index in [1.54, 1.807) is 0 Å². The molecule has 0 spiro atoms. The Morgan fingerprint density at radius 1 is 1.38 bits per heavy atom. The van der Waals surface area contributed by atoms with Crippen molar-refractivity contribution in [2.24, 2.45) is 0 Å². The Morgan fingerprint density at radius 3 is 2.88 bits per heavy atom. The second kappa shape index (κ2) is 6.03. The average Bonchev–Trinajstić information content (AvgIpc) is 3.32. The van der Waals surface area contributed by atoms with Gasteiger partial charge in [0.15, 0.2) is 0 Å². The standard InChI is InChI=1S/C18H20N4OS/c1-12-15-10-16(17(23)21(2)14-8-9-19-11-14)24-18(15)22(20-12)13-6-4-3-5-7-13/h3-7,10,14,19H,8-9,11H2,1-2H3. The zero-order valence-corrected chi connectivity index (χ0v) is 14.6. The number of nitrogens with one attached hydrogen (secondary N) is 1. The number of carbonyl (C=O) groups excluding carboxylic acids is 1. The van der Waals surface area contributed by atoms with E-state index in [0.717, 1.165) is 46.0 Å². The molecule has 4 rings (SSSR count). The molecule has 1 aliphatic rings. The molecule has 3 aromatic rings. The van der Waals surface area contributed by atoms with E-state index in [1.807, 2.05) is 60.0 Å². The van der Waals surface area contributed by atoms with Crippen LogP contribution in [-0.4, -0.2) is 46.8 Å². The lowest BCUT2D eigenvalue weighted by Crippen LogP contribution is -2.37. The molecule has 124 valence electrons. The second-order valence-corrected chi connectivity index (χ2v) is 7.26. The van der Waals surface area contributed by atoms with Gasteiger partial charge in [-0.3, -0.25) is 4.79 Å². The van der Waals surface area contributed by atoms with Gasteiger partial charge >= 0.3 is 0 Å². The highest BCUT2D eigenvalue weighted by molar-refractivity contribution is 7.20. The van der Waals surface area contributed by atoms with Crippen LogP contribution in [-0.2, 0) is 0 Å². The van der Waals surface area contributed by atoms with Gasteiger partial charge in [-0.15, -0.1) is 11.3 Å². The minimum Gasteiger partial charge on any atom is -0.337 e. The third-order valence-electron chi connectivity index (χ3n) is 4.66. The Kier molecular flexibility index (Phi) is 3.86. The van der Waals surface area contributed by atoms with E-state index in [-0.39, 0.29) is 11.9 Å². The normalized spacial score (nSPS) is 17.5. The van der Waals surface area contributed by atoms with Crippen molar-refractivity contribution in [3.05, 3.63) is 47.0 Å². The van der Waals surface area contributed by atoms with Gasteiger partial charge < -0.3 is 10.2 Å². The minimum atomic E-state index is 0.101. The summed E-state index contributed by atoms with van der Waals surface area (Å²) in [6, 6.07) is 12.3. The molecule has 1 amide bonds. The van der Waals surface area contributed by atoms with Crippen molar-refractivity contribution in [3.8, 4) is 5.69 Å². The first kappa shape index (κ1) is 15.4. The van der Waals surface area contributed by atoms with Crippen molar-refractivity contribution in [3.63, 3.8) is 0 Å². The molecule has 3 heterocycles. The third-order valence-corrected chi connectivity index (χ3v) is 5.76. The Bertz CT molecular complexity index is 877. The maximum Gasteiger partial charge on any atom is 0.264 e. The predicted octanol–water partition coefficient (Wildman–Crippen LogP) is 2.83. The number of aryl methyl sites for hydroxylation is 1. The van der Waals surface area contributed by atoms with Gasteiger partial charge in [-0.25, -0.2) is 4.68 Å². The van der Waals surface area contributed by atoms with Crippen LogP contribution >= 0.6 is 11.3 Å². The van der Waals surface area contributed by atoms with E-state index in [4.69, 9.17) is 0 Å². The van der Waals surface area contributed by atoms with Gasteiger partial charge in [0.25, 0.3) is 5.91 Å². The van der Waals surface area contributed by atoms with E-state index in [0.29, 0.717) is 0 Å². The minimum absolute atomic E-state index is 0.101. The topological polar surface area (TPSA) is 50.2 Å². The smallest absolute Gasteiger partial charge is 0.264 e. The Labute approximate surface area is 144 Å². The molecule has 0 radical (unpaired) electrons. The van der Waals surface area contributed by atoms with Crippen molar-refractivity contribution in [1.29, 1.82) is 0 Å². The summed E-state index contributed by atoms with van der Waals surface area (Å²) in [4.78, 5) is 16.5. The molecule has 1 N–H and O–H groups in total. The number of benzene rings is 1. The summed E-state index contributed by atoms with van der Waals surface area (Å²) in [5.74, 6) is 0.101. The van der Waals surface area contributed by atoms with Crippen LogP contribution in [0.25, 0.3) is 15.9 Å². The Morgan fingerprint density at radius 2 is 2.17 bits per heavy atom. The first-order valence-electron chi connectivity index (χ1n) is 8.17. The summed E-state index contributed by atoms with van der Waals surface area (Å²) >= 11 is 1.52. The summed E-state index contributed by atoms with van der Waals surface area (Å²) in [5, 5.41) is 9.01. The molecule has 2 aromatic heterocycles. The monoisotopic (exact) mass is 340 g/mol. The molecule has 24 heavy (non-hydrogen) atoms. The van der Waals surface area contributed by atoms with E-state index < -0.39 is 0 Å². The highest BCUT2D eigenvalue weighted by atomic mass is 32.1. The summed E-state index contributed by atoms with van der Waals surface area (Å²) < 4.78 is 1.93. The van der Waals surface area contributed by atoms with E-state index >= 15 is 0 Å². The average molecular weight is 340 g/mol. The fourth-order valence-corrected chi connectivity index (χ4v) is 4.37. The van der Waals surface area contributed by atoms with Crippen LogP contribution in [0.15, 0.2) is 36.4 Å². The number of thiophene rings is 1. The molecule has 6 heteroatoms. The van der Waals surface area contributed by atoms with Crippen molar-refractivity contribution in [1.82, 2.24) is 20.0 Å². The fraction of sp³-hybridized carbons (Fsp3) is 0.333. The number of likely N-dealkylation sites (N-methyl/N-ethyl adjacent to an activating group) is 1. The van der Waals surface area contributed by atoms with Gasteiger partial charge in [-0.05, 0) is 38.1 Å². The van der Waals surface area contributed by atoms with Crippen LogP contribution in [0.3, 0.4) is 0 Å². The lowest BCUT2D eigenvalue weighted by atomic mass is 10.2. The first-order valence-corrected chi connectivity index (χ1v) is 8.99. The summed E-state index contributed by atoms with van der Waals surface area (Å²) in [6.07, 6.45) is 1.02. The third kappa shape index (κ3) is 2.52. The van der Waals surface area contributed by atoms with Crippen molar-refractivity contribution in [2.75, 3.05) is 20.1 Å². The van der Waals surface area contributed by atoms with Gasteiger partial charge in [0.05, 0.1) is 16.3 Å². The van der Waals surface area contributed by atoms with Crippen LogP contribution in [0.4, 0.5) is 0 Å². The second-order valence-electron chi connectivity index (χ2n) is 6.22. The molecule has 1 aliphatic heterocycles. The molecule has 5 nitrogen and oxygen atoms in total. The molecular weight excluding hydrogens is 320 g/mol. The lowest BCUT2D eigenvalue weighted by molar-refractivity contribution is 0.0749. The quantitative estimate of drug-likeness (QED) is 0.798. The number of hydrogen-bond acceptors (Lipinski definition) is 4. The van der Waals surface area contributed by atoms with Crippen molar-refractivity contribution in [2.45, 2.75) is 19.4 Å². The number of aromatic nitrogens is 2. The number of rotatable bonds is 3. The summed E-state index contributed by atoms with van der Waals surface area (Å²) in [7, 11) is 1.90. The van der Waals surface area contributed by atoms with Gasteiger partial charge in [0.1, 0.15) is 4.83 Å². The Balaban J connectivity index is 1.72. The molecule has 0 bridgehead atoms. The number of amides is 1. The zero-order valence-electron chi connectivity index (χ0n) is 13.8. The summed E-state index contributed by atoms with van der Waals surface area (Å²) in [5.41, 5.74) is 1.97. The highest BCUT2D eigenvalue weighted by Gasteiger charge is 2.26. The van der Waals surface area contributed by atoms with Gasteiger partial charge in [-0.1, -0.05) is 18.2 Å². The zero-order chi connectivity index (χ0) is 16.7. The van der Waals surface area contributed by atoms with Crippen LogP contribution in [0.2, 0.25) is 0 Å². The molecule has 1 aromatic carbocycles. The molecule has 1 saturated heterocycles. The van der Waals surface area contributed by atoms with E-state index in [1.165, 1.54) is 11.3 Å². The number of fused-ring (bicyclic) bond motifs is 1. The first-order chi connectivity index (χ1) is 11.6. The maximum absolute atomic E-state index is 12.8. The van der Waals surface area contributed by atoms with Crippen LogP contribution in [0.5, 0.6) is 0 Å². The van der Waals surface area contributed by atoms with Crippen molar-refractivity contribution < 1.29 is 4.79 Å². The fourth-order valence-electron chi connectivity index (χ4n) is 3.21.